The predicted octanol–water partition coefficient (Wildman–Crippen LogP) is 7.05. The van der Waals surface area contributed by atoms with E-state index in [0.717, 1.165) is 33.6 Å². The Balaban J connectivity index is 1.46. The molecule has 38 heavy (non-hydrogen) atoms. The van der Waals surface area contributed by atoms with Crippen molar-refractivity contribution >= 4 is 22.6 Å². The van der Waals surface area contributed by atoms with Crippen LogP contribution in [0.4, 0.5) is 5.69 Å². The number of carbonyl (C=O) groups is 1. The third-order valence-electron chi connectivity index (χ3n) is 6.52. The Bertz CT molecular complexity index is 1740. The zero-order chi connectivity index (χ0) is 26.1. The van der Waals surface area contributed by atoms with Gasteiger partial charge in [0.25, 0.3) is 0 Å². The SMILES string of the molecule is COc1ccc(-c2cc(-c3cccnc3)c3c(N)c(C(=O)c4ccc(-c5ccccc5)cc4)oc3n2)cc1. The van der Waals surface area contributed by atoms with Crippen LogP contribution in [0.15, 0.2) is 114 Å². The molecule has 0 spiro atoms. The van der Waals surface area contributed by atoms with Crippen LogP contribution < -0.4 is 10.5 Å². The van der Waals surface area contributed by atoms with E-state index in [2.05, 4.69) is 4.98 Å². The lowest BCUT2D eigenvalue weighted by Crippen LogP contribution is -2.03. The highest BCUT2D eigenvalue weighted by Crippen LogP contribution is 2.39. The van der Waals surface area contributed by atoms with E-state index in [9.17, 15) is 4.79 Å². The number of hydrogen-bond donors (Lipinski definition) is 1. The second kappa shape index (κ2) is 9.67. The van der Waals surface area contributed by atoms with Gasteiger partial charge >= 0.3 is 0 Å². The number of nitrogen functional groups attached to an aromatic ring is 1. The highest BCUT2D eigenvalue weighted by molar-refractivity contribution is 6.16. The third kappa shape index (κ3) is 4.18. The fraction of sp³-hybridized carbons (Fsp3) is 0.0312. The number of furan rings is 1. The number of ketones is 1. The maximum Gasteiger partial charge on any atom is 0.230 e. The van der Waals surface area contributed by atoms with Crippen molar-refractivity contribution in [2.24, 2.45) is 0 Å². The van der Waals surface area contributed by atoms with Crippen LogP contribution in [0.1, 0.15) is 16.1 Å². The fourth-order valence-electron chi connectivity index (χ4n) is 4.52. The van der Waals surface area contributed by atoms with Crippen molar-refractivity contribution in [2.45, 2.75) is 0 Å². The molecule has 0 saturated carbocycles. The molecule has 0 aliphatic rings. The summed E-state index contributed by atoms with van der Waals surface area (Å²) in [7, 11) is 1.62. The van der Waals surface area contributed by atoms with Gasteiger partial charge < -0.3 is 14.9 Å². The predicted molar refractivity (Wildman–Crippen MR) is 149 cm³/mol. The van der Waals surface area contributed by atoms with Gasteiger partial charge in [0.15, 0.2) is 0 Å². The van der Waals surface area contributed by atoms with Gasteiger partial charge in [0.2, 0.25) is 17.3 Å². The molecule has 6 heteroatoms. The van der Waals surface area contributed by atoms with Crippen LogP contribution in [-0.2, 0) is 0 Å². The molecule has 0 bridgehead atoms. The van der Waals surface area contributed by atoms with Crippen molar-refractivity contribution in [1.82, 2.24) is 9.97 Å². The number of carbonyl (C=O) groups excluding carboxylic acids is 1. The van der Waals surface area contributed by atoms with Crippen molar-refractivity contribution in [2.75, 3.05) is 12.8 Å². The zero-order valence-electron chi connectivity index (χ0n) is 20.6. The minimum Gasteiger partial charge on any atom is -0.497 e. The normalized spacial score (nSPS) is 11.0. The summed E-state index contributed by atoms with van der Waals surface area (Å²) in [5, 5.41) is 0.583. The first-order chi connectivity index (χ1) is 18.6. The van der Waals surface area contributed by atoms with Gasteiger partial charge in [0.05, 0.1) is 23.9 Å². The highest BCUT2D eigenvalue weighted by atomic mass is 16.5. The molecule has 0 radical (unpaired) electrons. The summed E-state index contributed by atoms with van der Waals surface area (Å²) < 4.78 is 11.4. The van der Waals surface area contributed by atoms with Gasteiger partial charge in [-0.1, -0.05) is 60.7 Å². The van der Waals surface area contributed by atoms with Gasteiger partial charge in [-0.2, -0.15) is 0 Å². The van der Waals surface area contributed by atoms with Crippen molar-refractivity contribution in [3.8, 4) is 39.3 Å². The van der Waals surface area contributed by atoms with Crippen LogP contribution in [-0.4, -0.2) is 22.9 Å². The number of hydrogen-bond acceptors (Lipinski definition) is 6. The summed E-state index contributed by atoms with van der Waals surface area (Å²) in [5.41, 5.74) is 12.9. The van der Waals surface area contributed by atoms with E-state index in [-0.39, 0.29) is 17.2 Å². The number of anilines is 1. The Labute approximate surface area is 219 Å². The number of rotatable bonds is 6. The molecule has 3 heterocycles. The molecular weight excluding hydrogens is 474 g/mol. The second-order valence-corrected chi connectivity index (χ2v) is 8.82. The largest absolute Gasteiger partial charge is 0.497 e. The van der Waals surface area contributed by atoms with Gasteiger partial charge in [-0.05, 0) is 47.5 Å². The van der Waals surface area contributed by atoms with E-state index < -0.39 is 0 Å². The molecule has 0 saturated heterocycles. The van der Waals surface area contributed by atoms with Crippen LogP contribution in [0, 0.1) is 0 Å². The number of fused-ring (bicyclic) bond motifs is 1. The number of methoxy groups -OCH3 is 1. The third-order valence-corrected chi connectivity index (χ3v) is 6.52. The number of nitrogens with two attached hydrogens (primary N) is 1. The van der Waals surface area contributed by atoms with Gasteiger partial charge in [0.1, 0.15) is 5.75 Å². The van der Waals surface area contributed by atoms with Gasteiger partial charge in [-0.3, -0.25) is 9.78 Å². The lowest BCUT2D eigenvalue weighted by Gasteiger charge is -2.08. The van der Waals surface area contributed by atoms with Crippen molar-refractivity contribution in [3.05, 3.63) is 121 Å². The molecular formula is C32H23N3O3. The molecule has 0 aliphatic heterocycles. The minimum absolute atomic E-state index is 0.0667. The number of benzene rings is 3. The minimum atomic E-state index is -0.303. The van der Waals surface area contributed by atoms with Crippen molar-refractivity contribution in [3.63, 3.8) is 0 Å². The van der Waals surface area contributed by atoms with E-state index in [0.29, 0.717) is 22.4 Å². The van der Waals surface area contributed by atoms with E-state index in [1.807, 2.05) is 84.9 Å². The molecule has 2 N–H and O–H groups in total. The monoisotopic (exact) mass is 497 g/mol. The molecule has 3 aromatic carbocycles. The lowest BCUT2D eigenvalue weighted by molar-refractivity contribution is 0.101. The molecule has 0 aliphatic carbocycles. The van der Waals surface area contributed by atoms with Crippen LogP contribution in [0.5, 0.6) is 5.75 Å². The summed E-state index contributed by atoms with van der Waals surface area (Å²) in [5.74, 6) is 0.510. The van der Waals surface area contributed by atoms with E-state index in [1.54, 1.807) is 31.6 Å². The van der Waals surface area contributed by atoms with Crippen molar-refractivity contribution < 1.29 is 13.9 Å². The Kier molecular flexibility index (Phi) is 5.90. The summed E-state index contributed by atoms with van der Waals surface area (Å²) in [6, 6.07) is 30.7. The van der Waals surface area contributed by atoms with Crippen LogP contribution >= 0.6 is 0 Å². The van der Waals surface area contributed by atoms with Crippen LogP contribution in [0.25, 0.3) is 44.6 Å². The Morgan fingerprint density at radius 2 is 1.50 bits per heavy atom. The summed E-state index contributed by atoms with van der Waals surface area (Å²) in [6.07, 6.45) is 3.46. The number of aromatic nitrogens is 2. The quantitative estimate of drug-likeness (QED) is 0.248. The molecule has 0 unspecified atom stereocenters. The molecule has 6 aromatic rings. The molecule has 0 amide bonds. The van der Waals surface area contributed by atoms with Gasteiger partial charge in [-0.15, -0.1) is 0 Å². The maximum atomic E-state index is 13.5. The lowest BCUT2D eigenvalue weighted by atomic mass is 9.99. The van der Waals surface area contributed by atoms with Crippen LogP contribution in [0.3, 0.4) is 0 Å². The fourth-order valence-corrected chi connectivity index (χ4v) is 4.52. The highest BCUT2D eigenvalue weighted by Gasteiger charge is 2.24. The van der Waals surface area contributed by atoms with Gasteiger partial charge in [0, 0.05) is 34.6 Å². The standard InChI is InChI=1S/C32H23N3O3/c1-37-25-15-13-22(14-16-25)27-18-26(24-8-5-17-34-19-24)28-29(33)31(38-32(28)35-27)30(36)23-11-9-21(10-12-23)20-6-3-2-4-7-20/h2-19H,33H2,1H3. The average molecular weight is 498 g/mol. The molecule has 6 rings (SSSR count). The molecule has 184 valence electrons. The summed E-state index contributed by atoms with van der Waals surface area (Å²) in [4.78, 5) is 22.5. The first-order valence-corrected chi connectivity index (χ1v) is 12.1. The molecule has 3 aromatic heterocycles. The Morgan fingerprint density at radius 1 is 0.816 bits per heavy atom. The average Bonchev–Trinajstić information content (AvgIpc) is 3.33. The summed E-state index contributed by atoms with van der Waals surface area (Å²) >= 11 is 0. The zero-order valence-corrected chi connectivity index (χ0v) is 20.6. The number of nitrogens with zero attached hydrogens (tertiary/aromatic N) is 2. The molecule has 0 fully saturated rings. The Hall–Kier alpha value is -5.23. The number of ether oxygens (including phenoxy) is 1. The first-order valence-electron chi connectivity index (χ1n) is 12.1. The first kappa shape index (κ1) is 23.2. The van der Waals surface area contributed by atoms with Crippen LogP contribution in [0.2, 0.25) is 0 Å². The van der Waals surface area contributed by atoms with E-state index in [4.69, 9.17) is 19.9 Å². The van der Waals surface area contributed by atoms with Gasteiger partial charge in [-0.25, -0.2) is 4.98 Å². The number of pyridine rings is 2. The smallest absolute Gasteiger partial charge is 0.230 e. The maximum absolute atomic E-state index is 13.5. The van der Waals surface area contributed by atoms with E-state index >= 15 is 0 Å². The molecule has 0 atom stereocenters. The summed E-state index contributed by atoms with van der Waals surface area (Å²) in [6.45, 7) is 0. The van der Waals surface area contributed by atoms with E-state index in [1.165, 1.54) is 0 Å². The Morgan fingerprint density at radius 3 is 2.18 bits per heavy atom. The second-order valence-electron chi connectivity index (χ2n) is 8.82. The molecule has 6 nitrogen and oxygen atoms in total. The van der Waals surface area contributed by atoms with Crippen molar-refractivity contribution in [1.29, 1.82) is 0 Å². The topological polar surface area (TPSA) is 91.2 Å².